The smallest absolute Gasteiger partial charge is 0.0688 e. The highest BCUT2D eigenvalue weighted by molar-refractivity contribution is 5.54. The minimum absolute atomic E-state index is 0.352. The van der Waals surface area contributed by atoms with E-state index in [9.17, 15) is 0 Å². The van der Waals surface area contributed by atoms with Gasteiger partial charge in [-0.05, 0) is 61.9 Å². The molecule has 2 aromatic rings. The van der Waals surface area contributed by atoms with E-state index < -0.39 is 0 Å². The summed E-state index contributed by atoms with van der Waals surface area (Å²) in [6.07, 6.45) is 5.47. The van der Waals surface area contributed by atoms with Gasteiger partial charge in [0.1, 0.15) is 0 Å². The number of aromatic nitrogens is 1. The lowest BCUT2D eigenvalue weighted by molar-refractivity contribution is 0.583. The van der Waals surface area contributed by atoms with E-state index in [1.54, 1.807) is 0 Å². The van der Waals surface area contributed by atoms with Crippen molar-refractivity contribution >= 4 is 5.69 Å². The third-order valence-electron chi connectivity index (χ3n) is 3.92. The van der Waals surface area contributed by atoms with Crippen molar-refractivity contribution in [3.05, 3.63) is 58.9 Å². The van der Waals surface area contributed by atoms with Gasteiger partial charge in [0.25, 0.3) is 0 Å². The summed E-state index contributed by atoms with van der Waals surface area (Å²) in [5, 5.41) is 3.68. The molecule has 98 valence electrons. The Morgan fingerprint density at radius 3 is 3.00 bits per heavy atom. The first kappa shape index (κ1) is 12.2. The first-order chi connectivity index (χ1) is 9.24. The molecular formula is C17H20N2. The number of benzene rings is 1. The van der Waals surface area contributed by atoms with E-state index in [0.29, 0.717) is 6.04 Å². The van der Waals surface area contributed by atoms with Gasteiger partial charge in [-0.15, -0.1) is 0 Å². The predicted octanol–water partition coefficient (Wildman–Crippen LogP) is 4.19. The third-order valence-corrected chi connectivity index (χ3v) is 3.92. The summed E-state index contributed by atoms with van der Waals surface area (Å²) in [6, 6.07) is 11.2. The van der Waals surface area contributed by atoms with E-state index in [1.165, 1.54) is 34.5 Å². The highest BCUT2D eigenvalue weighted by Gasteiger charge is 2.21. The number of nitrogens with one attached hydrogen (secondary N) is 1. The molecule has 0 bridgehead atoms. The Hall–Kier alpha value is -1.83. The molecule has 1 aliphatic rings. The number of aryl methyl sites for hydroxylation is 3. The zero-order valence-corrected chi connectivity index (χ0v) is 11.6. The SMILES string of the molecule is Cc1ccc(C)c(NC2CCCc3cccnc32)c1. The molecule has 0 radical (unpaired) electrons. The van der Waals surface area contributed by atoms with Gasteiger partial charge >= 0.3 is 0 Å². The molecule has 1 aliphatic carbocycles. The minimum Gasteiger partial charge on any atom is -0.376 e. The molecule has 0 amide bonds. The Morgan fingerprint density at radius 1 is 1.21 bits per heavy atom. The van der Waals surface area contributed by atoms with Gasteiger partial charge in [0, 0.05) is 11.9 Å². The Bertz CT molecular complexity index is 590. The number of anilines is 1. The number of hydrogen-bond acceptors (Lipinski definition) is 2. The van der Waals surface area contributed by atoms with Gasteiger partial charge in [0.05, 0.1) is 11.7 Å². The van der Waals surface area contributed by atoms with E-state index >= 15 is 0 Å². The first-order valence-electron chi connectivity index (χ1n) is 7.01. The number of fused-ring (bicyclic) bond motifs is 1. The van der Waals surface area contributed by atoms with Crippen molar-refractivity contribution < 1.29 is 0 Å². The summed E-state index contributed by atoms with van der Waals surface area (Å²) in [7, 11) is 0. The average molecular weight is 252 g/mol. The Balaban J connectivity index is 1.90. The molecule has 1 aromatic carbocycles. The first-order valence-corrected chi connectivity index (χ1v) is 7.01. The largest absolute Gasteiger partial charge is 0.376 e. The molecular weight excluding hydrogens is 232 g/mol. The molecule has 0 spiro atoms. The molecule has 0 saturated heterocycles. The fraction of sp³-hybridized carbons (Fsp3) is 0.353. The topological polar surface area (TPSA) is 24.9 Å². The molecule has 19 heavy (non-hydrogen) atoms. The van der Waals surface area contributed by atoms with Gasteiger partial charge < -0.3 is 5.32 Å². The maximum atomic E-state index is 4.59. The molecule has 1 N–H and O–H groups in total. The van der Waals surface area contributed by atoms with E-state index in [0.717, 1.165) is 12.8 Å². The van der Waals surface area contributed by atoms with Crippen LogP contribution in [0.5, 0.6) is 0 Å². The van der Waals surface area contributed by atoms with Crippen LogP contribution in [0.3, 0.4) is 0 Å². The van der Waals surface area contributed by atoms with Crippen LogP contribution in [0.1, 0.15) is 41.3 Å². The lowest BCUT2D eigenvalue weighted by Gasteiger charge is -2.26. The number of nitrogens with zero attached hydrogens (tertiary/aromatic N) is 1. The summed E-state index contributed by atoms with van der Waals surface area (Å²) in [6.45, 7) is 4.29. The maximum Gasteiger partial charge on any atom is 0.0688 e. The van der Waals surface area contributed by atoms with E-state index in [1.807, 2.05) is 12.3 Å². The number of rotatable bonds is 2. The molecule has 0 fully saturated rings. The fourth-order valence-electron chi connectivity index (χ4n) is 2.83. The second-order valence-electron chi connectivity index (χ2n) is 5.46. The van der Waals surface area contributed by atoms with Crippen molar-refractivity contribution in [3.63, 3.8) is 0 Å². The van der Waals surface area contributed by atoms with Gasteiger partial charge in [0.2, 0.25) is 0 Å². The van der Waals surface area contributed by atoms with E-state index in [-0.39, 0.29) is 0 Å². The average Bonchev–Trinajstić information content (AvgIpc) is 2.43. The molecule has 0 saturated carbocycles. The predicted molar refractivity (Wildman–Crippen MR) is 79.5 cm³/mol. The van der Waals surface area contributed by atoms with Crippen molar-refractivity contribution in [1.82, 2.24) is 4.98 Å². The van der Waals surface area contributed by atoms with E-state index in [2.05, 4.69) is 48.4 Å². The Labute approximate surface area is 114 Å². The maximum absolute atomic E-state index is 4.59. The van der Waals surface area contributed by atoms with Crippen LogP contribution in [-0.4, -0.2) is 4.98 Å². The minimum atomic E-state index is 0.352. The van der Waals surface area contributed by atoms with Gasteiger partial charge in [-0.1, -0.05) is 18.2 Å². The van der Waals surface area contributed by atoms with Gasteiger partial charge in [-0.25, -0.2) is 0 Å². The van der Waals surface area contributed by atoms with Crippen molar-refractivity contribution in [2.45, 2.75) is 39.2 Å². The summed E-state index contributed by atoms with van der Waals surface area (Å²) < 4.78 is 0. The van der Waals surface area contributed by atoms with Gasteiger partial charge in [-0.3, -0.25) is 4.98 Å². The third kappa shape index (κ3) is 2.48. The summed E-state index contributed by atoms with van der Waals surface area (Å²) in [5.74, 6) is 0. The molecule has 1 heterocycles. The van der Waals surface area contributed by atoms with Gasteiger partial charge in [0.15, 0.2) is 0 Å². The lowest BCUT2D eigenvalue weighted by Crippen LogP contribution is -2.19. The standard InChI is InChI=1S/C17H20N2/c1-12-8-9-13(2)16(11-12)19-15-7-3-5-14-6-4-10-18-17(14)15/h4,6,8-11,15,19H,3,5,7H2,1-2H3. The van der Waals surface area contributed by atoms with Crippen LogP contribution in [-0.2, 0) is 6.42 Å². The Morgan fingerprint density at radius 2 is 2.11 bits per heavy atom. The summed E-state index contributed by atoms with van der Waals surface area (Å²) in [5.41, 5.74) is 6.47. The van der Waals surface area contributed by atoms with Crippen molar-refractivity contribution in [3.8, 4) is 0 Å². The fourth-order valence-corrected chi connectivity index (χ4v) is 2.83. The lowest BCUT2D eigenvalue weighted by atomic mass is 9.91. The Kier molecular flexibility index (Phi) is 3.24. The molecule has 0 aliphatic heterocycles. The zero-order valence-electron chi connectivity index (χ0n) is 11.6. The highest BCUT2D eigenvalue weighted by Crippen LogP contribution is 2.31. The second-order valence-corrected chi connectivity index (χ2v) is 5.46. The van der Waals surface area contributed by atoms with Crippen molar-refractivity contribution in [1.29, 1.82) is 0 Å². The normalized spacial score (nSPS) is 17.9. The number of pyridine rings is 1. The summed E-state index contributed by atoms with van der Waals surface area (Å²) >= 11 is 0. The second kappa shape index (κ2) is 5.04. The molecule has 2 nitrogen and oxygen atoms in total. The quantitative estimate of drug-likeness (QED) is 0.867. The van der Waals surface area contributed by atoms with Crippen molar-refractivity contribution in [2.75, 3.05) is 5.32 Å². The molecule has 1 aromatic heterocycles. The monoisotopic (exact) mass is 252 g/mol. The van der Waals surface area contributed by atoms with E-state index in [4.69, 9.17) is 0 Å². The molecule has 2 heteroatoms. The van der Waals surface area contributed by atoms with Gasteiger partial charge in [-0.2, -0.15) is 0 Å². The zero-order chi connectivity index (χ0) is 13.2. The van der Waals surface area contributed by atoms with Crippen molar-refractivity contribution in [2.24, 2.45) is 0 Å². The number of hydrogen-bond donors (Lipinski definition) is 1. The van der Waals surface area contributed by atoms with Crippen LogP contribution < -0.4 is 5.32 Å². The highest BCUT2D eigenvalue weighted by atomic mass is 15.0. The van der Waals surface area contributed by atoms with Crippen LogP contribution in [0, 0.1) is 13.8 Å². The summed E-state index contributed by atoms with van der Waals surface area (Å²) in [4.78, 5) is 4.59. The van der Waals surface area contributed by atoms with Crippen LogP contribution >= 0.6 is 0 Å². The molecule has 3 rings (SSSR count). The molecule has 1 atom stereocenters. The van der Waals surface area contributed by atoms with Crippen LogP contribution in [0.25, 0.3) is 0 Å². The van der Waals surface area contributed by atoms with Crippen LogP contribution in [0.2, 0.25) is 0 Å². The van der Waals surface area contributed by atoms with Crippen LogP contribution in [0.4, 0.5) is 5.69 Å². The van der Waals surface area contributed by atoms with Crippen LogP contribution in [0.15, 0.2) is 36.5 Å². The molecule has 1 unspecified atom stereocenters.